The second kappa shape index (κ2) is 5.87. The third-order valence-corrected chi connectivity index (χ3v) is 3.74. The maximum Gasteiger partial charge on any atom is 0.214 e. The predicted molar refractivity (Wildman–Crippen MR) is 83.9 cm³/mol. The molecule has 6 nitrogen and oxygen atoms in total. The molecule has 0 aliphatic carbocycles. The van der Waals surface area contributed by atoms with Crippen LogP contribution in [-0.2, 0) is 0 Å². The monoisotopic (exact) mass is 285 g/mol. The molecule has 1 fully saturated rings. The first-order valence-corrected chi connectivity index (χ1v) is 6.97. The fourth-order valence-corrected chi connectivity index (χ4v) is 2.60. The van der Waals surface area contributed by atoms with Gasteiger partial charge in [0.15, 0.2) is 0 Å². The summed E-state index contributed by atoms with van der Waals surface area (Å²) in [6, 6.07) is 5.95. The molecule has 0 saturated carbocycles. The van der Waals surface area contributed by atoms with E-state index in [1.54, 1.807) is 25.7 Å². The Morgan fingerprint density at radius 3 is 2.57 bits per heavy atom. The highest BCUT2D eigenvalue weighted by Crippen LogP contribution is 2.25. The van der Waals surface area contributed by atoms with Gasteiger partial charge in [-0.1, -0.05) is 0 Å². The maximum absolute atomic E-state index is 5.99. The summed E-state index contributed by atoms with van der Waals surface area (Å²) in [4.78, 5) is 12.8. The first-order valence-electron chi connectivity index (χ1n) is 6.97. The van der Waals surface area contributed by atoms with Crippen LogP contribution in [0.25, 0.3) is 0 Å². The van der Waals surface area contributed by atoms with E-state index in [4.69, 9.17) is 10.5 Å². The Morgan fingerprint density at radius 2 is 1.86 bits per heavy atom. The average molecular weight is 285 g/mol. The van der Waals surface area contributed by atoms with Crippen molar-refractivity contribution in [1.29, 1.82) is 0 Å². The number of aromatic nitrogens is 2. The van der Waals surface area contributed by atoms with Gasteiger partial charge in [0, 0.05) is 50.3 Å². The topological polar surface area (TPSA) is 67.5 Å². The van der Waals surface area contributed by atoms with Gasteiger partial charge in [-0.3, -0.25) is 4.98 Å². The van der Waals surface area contributed by atoms with Crippen LogP contribution < -0.4 is 20.3 Å². The van der Waals surface area contributed by atoms with Crippen LogP contribution in [0.4, 0.5) is 17.1 Å². The van der Waals surface area contributed by atoms with E-state index < -0.39 is 0 Å². The molecule has 21 heavy (non-hydrogen) atoms. The van der Waals surface area contributed by atoms with Gasteiger partial charge in [0.05, 0.1) is 24.7 Å². The van der Waals surface area contributed by atoms with Crippen molar-refractivity contribution in [3.05, 3.63) is 36.8 Å². The maximum atomic E-state index is 5.99. The SMILES string of the molecule is COc1cc(N2CCN(c3ccncc3N)CC2)ccn1. The molecule has 0 atom stereocenters. The van der Waals surface area contributed by atoms with E-state index in [-0.39, 0.29) is 0 Å². The fraction of sp³-hybridized carbons (Fsp3) is 0.333. The van der Waals surface area contributed by atoms with Crippen LogP contribution in [0.5, 0.6) is 5.88 Å². The van der Waals surface area contributed by atoms with Crippen molar-refractivity contribution >= 4 is 17.1 Å². The molecule has 3 rings (SSSR count). The normalized spacial score (nSPS) is 15.1. The number of nitrogen functional groups attached to an aromatic ring is 1. The largest absolute Gasteiger partial charge is 0.481 e. The Balaban J connectivity index is 1.69. The summed E-state index contributed by atoms with van der Waals surface area (Å²) in [5.41, 5.74) is 8.93. The number of ether oxygens (including phenoxy) is 1. The molecule has 1 aliphatic heterocycles. The number of piperazine rings is 1. The van der Waals surface area contributed by atoms with Crippen LogP contribution in [0.3, 0.4) is 0 Å². The number of methoxy groups -OCH3 is 1. The molecule has 3 heterocycles. The second-order valence-corrected chi connectivity index (χ2v) is 4.96. The van der Waals surface area contributed by atoms with E-state index >= 15 is 0 Å². The highest BCUT2D eigenvalue weighted by atomic mass is 16.5. The molecule has 2 aromatic heterocycles. The molecule has 110 valence electrons. The molecular formula is C15H19N5O. The van der Waals surface area contributed by atoms with Gasteiger partial charge in [-0.15, -0.1) is 0 Å². The lowest BCUT2D eigenvalue weighted by molar-refractivity contribution is 0.398. The average Bonchev–Trinajstić information content (AvgIpc) is 2.56. The van der Waals surface area contributed by atoms with Gasteiger partial charge >= 0.3 is 0 Å². The zero-order valence-electron chi connectivity index (χ0n) is 12.1. The van der Waals surface area contributed by atoms with Crippen molar-refractivity contribution in [2.45, 2.75) is 0 Å². The van der Waals surface area contributed by atoms with Gasteiger partial charge in [-0.05, 0) is 12.1 Å². The van der Waals surface area contributed by atoms with Crippen molar-refractivity contribution in [2.75, 3.05) is 48.8 Å². The third-order valence-electron chi connectivity index (χ3n) is 3.74. The molecule has 0 bridgehead atoms. The van der Waals surface area contributed by atoms with Gasteiger partial charge < -0.3 is 20.3 Å². The van der Waals surface area contributed by atoms with Crippen molar-refractivity contribution < 1.29 is 4.74 Å². The molecule has 1 aliphatic rings. The Kier molecular flexibility index (Phi) is 3.77. The summed E-state index contributed by atoms with van der Waals surface area (Å²) < 4.78 is 5.18. The number of nitrogens with two attached hydrogens (primary N) is 1. The fourth-order valence-electron chi connectivity index (χ4n) is 2.60. The molecular weight excluding hydrogens is 266 g/mol. The summed E-state index contributed by atoms with van der Waals surface area (Å²) in [5.74, 6) is 0.647. The number of pyridine rings is 2. The Hall–Kier alpha value is -2.50. The lowest BCUT2D eigenvalue weighted by Crippen LogP contribution is -2.46. The van der Waals surface area contributed by atoms with E-state index in [9.17, 15) is 0 Å². The molecule has 6 heteroatoms. The highest BCUT2D eigenvalue weighted by Gasteiger charge is 2.19. The van der Waals surface area contributed by atoms with Gasteiger partial charge in [-0.2, -0.15) is 0 Å². The van der Waals surface area contributed by atoms with E-state index in [2.05, 4.69) is 19.8 Å². The van der Waals surface area contributed by atoms with E-state index in [0.717, 1.165) is 43.2 Å². The second-order valence-electron chi connectivity index (χ2n) is 4.96. The van der Waals surface area contributed by atoms with E-state index in [1.807, 2.05) is 18.2 Å². The first kappa shape index (κ1) is 13.5. The molecule has 0 radical (unpaired) electrons. The minimum atomic E-state index is 0.647. The molecule has 0 unspecified atom stereocenters. The van der Waals surface area contributed by atoms with Gasteiger partial charge in [0.1, 0.15) is 0 Å². The van der Waals surface area contributed by atoms with Gasteiger partial charge in [0.25, 0.3) is 0 Å². The number of nitrogens with zero attached hydrogens (tertiary/aromatic N) is 4. The number of hydrogen-bond donors (Lipinski definition) is 1. The van der Waals surface area contributed by atoms with Crippen LogP contribution >= 0.6 is 0 Å². The molecule has 2 aromatic rings. The minimum absolute atomic E-state index is 0.647. The summed E-state index contributed by atoms with van der Waals surface area (Å²) in [6.45, 7) is 3.74. The van der Waals surface area contributed by atoms with Crippen molar-refractivity contribution in [1.82, 2.24) is 9.97 Å². The third kappa shape index (κ3) is 2.84. The molecule has 0 spiro atoms. The Bertz CT molecular complexity index is 611. The van der Waals surface area contributed by atoms with Crippen LogP contribution in [0.1, 0.15) is 0 Å². The summed E-state index contributed by atoms with van der Waals surface area (Å²) in [7, 11) is 1.64. The summed E-state index contributed by atoms with van der Waals surface area (Å²) in [5, 5.41) is 0. The molecule has 0 aromatic carbocycles. The standard InChI is InChI=1S/C15H19N5O/c1-21-15-10-12(2-5-18-15)19-6-8-20(9-7-19)14-3-4-17-11-13(14)16/h2-5,10-11H,6-9,16H2,1H3. The van der Waals surface area contributed by atoms with Crippen LogP contribution in [0.2, 0.25) is 0 Å². The Morgan fingerprint density at radius 1 is 1.10 bits per heavy atom. The van der Waals surface area contributed by atoms with Crippen molar-refractivity contribution in [3.63, 3.8) is 0 Å². The van der Waals surface area contributed by atoms with Crippen LogP contribution in [0.15, 0.2) is 36.8 Å². The highest BCUT2D eigenvalue weighted by molar-refractivity contribution is 5.66. The summed E-state index contributed by atoms with van der Waals surface area (Å²) >= 11 is 0. The molecule has 2 N–H and O–H groups in total. The smallest absolute Gasteiger partial charge is 0.214 e. The number of rotatable bonds is 3. The van der Waals surface area contributed by atoms with Crippen LogP contribution in [-0.4, -0.2) is 43.3 Å². The first-order chi connectivity index (χ1) is 10.3. The summed E-state index contributed by atoms with van der Waals surface area (Å²) in [6.07, 6.45) is 5.27. The zero-order chi connectivity index (χ0) is 14.7. The van der Waals surface area contributed by atoms with Crippen molar-refractivity contribution in [2.24, 2.45) is 0 Å². The quantitative estimate of drug-likeness (QED) is 0.919. The minimum Gasteiger partial charge on any atom is -0.481 e. The van der Waals surface area contributed by atoms with Crippen molar-refractivity contribution in [3.8, 4) is 5.88 Å². The number of anilines is 3. The number of hydrogen-bond acceptors (Lipinski definition) is 6. The predicted octanol–water partition coefficient (Wildman–Crippen LogP) is 1.39. The Labute approximate surface area is 124 Å². The molecule has 0 amide bonds. The lowest BCUT2D eigenvalue weighted by Gasteiger charge is -2.37. The van der Waals surface area contributed by atoms with Gasteiger partial charge in [-0.25, -0.2) is 4.98 Å². The van der Waals surface area contributed by atoms with E-state index in [0.29, 0.717) is 5.88 Å². The zero-order valence-corrected chi connectivity index (χ0v) is 12.1. The lowest BCUT2D eigenvalue weighted by atomic mass is 10.2. The van der Waals surface area contributed by atoms with Gasteiger partial charge in [0.2, 0.25) is 5.88 Å². The van der Waals surface area contributed by atoms with Crippen LogP contribution in [0, 0.1) is 0 Å². The molecule has 1 saturated heterocycles. The van der Waals surface area contributed by atoms with E-state index in [1.165, 1.54) is 0 Å².